The minimum absolute atomic E-state index is 0.0128. The van der Waals surface area contributed by atoms with Crippen molar-refractivity contribution in [3.05, 3.63) is 0 Å². The Labute approximate surface area is 106 Å². The molecule has 0 spiro atoms. The molecule has 0 aromatic rings. The van der Waals surface area contributed by atoms with Gasteiger partial charge in [0, 0.05) is 0 Å². The largest absolute Gasteiger partial charge is 0.508 e. The fourth-order valence-corrected chi connectivity index (χ4v) is 1.52. The first-order valence-corrected chi connectivity index (χ1v) is 6.80. The fourth-order valence-electron chi connectivity index (χ4n) is 1.52. The van der Waals surface area contributed by atoms with Gasteiger partial charge < -0.3 is 9.47 Å². The lowest BCUT2D eigenvalue weighted by molar-refractivity contribution is -0.000896. The summed E-state index contributed by atoms with van der Waals surface area (Å²) in [5.74, 6) is 0.693. The fraction of sp³-hybridized carbons (Fsp3) is 0.929. The smallest absolute Gasteiger partial charge is 0.434 e. The van der Waals surface area contributed by atoms with E-state index in [-0.39, 0.29) is 6.10 Å². The van der Waals surface area contributed by atoms with E-state index >= 15 is 0 Å². The quantitative estimate of drug-likeness (QED) is 0.469. The molecule has 1 unspecified atom stereocenters. The molecule has 0 aliphatic carbocycles. The van der Waals surface area contributed by atoms with Crippen molar-refractivity contribution in [1.82, 2.24) is 0 Å². The Hall–Kier alpha value is -0.730. The minimum Gasteiger partial charge on any atom is -0.434 e. The summed E-state index contributed by atoms with van der Waals surface area (Å²) in [6, 6.07) is 0. The van der Waals surface area contributed by atoms with Gasteiger partial charge in [0.25, 0.3) is 0 Å². The molecule has 0 fully saturated rings. The van der Waals surface area contributed by atoms with Gasteiger partial charge in [-0.05, 0) is 24.7 Å². The predicted octanol–water partition coefficient (Wildman–Crippen LogP) is 4.40. The van der Waals surface area contributed by atoms with Gasteiger partial charge in [0.2, 0.25) is 0 Å². The molecule has 17 heavy (non-hydrogen) atoms. The summed E-state index contributed by atoms with van der Waals surface area (Å²) in [5.41, 5.74) is 0. The van der Waals surface area contributed by atoms with E-state index in [9.17, 15) is 4.79 Å². The summed E-state index contributed by atoms with van der Waals surface area (Å²) in [5, 5.41) is 0. The number of unbranched alkanes of at least 4 members (excludes halogenated alkanes) is 2. The van der Waals surface area contributed by atoms with Crippen molar-refractivity contribution in [3.63, 3.8) is 0 Å². The lowest BCUT2D eigenvalue weighted by Crippen LogP contribution is -2.25. The number of carbonyl (C=O) groups is 1. The maximum absolute atomic E-state index is 11.5. The zero-order chi connectivity index (χ0) is 13.3. The molecule has 0 aromatic heterocycles. The molecular formula is C14H28O3. The molecule has 0 saturated carbocycles. The maximum Gasteiger partial charge on any atom is 0.508 e. The van der Waals surface area contributed by atoms with Gasteiger partial charge in [-0.15, -0.1) is 0 Å². The normalized spacial score (nSPS) is 12.9. The van der Waals surface area contributed by atoms with Crippen LogP contribution in [0.2, 0.25) is 0 Å². The zero-order valence-electron chi connectivity index (χ0n) is 12.0. The highest BCUT2D eigenvalue weighted by Gasteiger charge is 2.18. The average Bonchev–Trinajstić information content (AvgIpc) is 2.25. The molecule has 0 saturated heterocycles. The van der Waals surface area contributed by atoms with Crippen LogP contribution in [0.4, 0.5) is 4.79 Å². The van der Waals surface area contributed by atoms with Crippen LogP contribution in [0.25, 0.3) is 0 Å². The van der Waals surface area contributed by atoms with Gasteiger partial charge in [0.05, 0.1) is 6.61 Å². The number of carbonyl (C=O) groups excluding carboxylic acids is 1. The SMILES string of the molecule is CCCCCC(OC(=O)OCC(C)C)C(C)C. The van der Waals surface area contributed by atoms with Crippen LogP contribution in [-0.4, -0.2) is 18.9 Å². The Morgan fingerprint density at radius 2 is 1.76 bits per heavy atom. The first-order valence-electron chi connectivity index (χ1n) is 6.80. The highest BCUT2D eigenvalue weighted by molar-refractivity contribution is 5.60. The third-order valence-corrected chi connectivity index (χ3v) is 2.62. The molecule has 1 atom stereocenters. The van der Waals surface area contributed by atoms with E-state index < -0.39 is 6.16 Å². The van der Waals surface area contributed by atoms with Crippen molar-refractivity contribution < 1.29 is 14.3 Å². The standard InChI is InChI=1S/C14H28O3/c1-6-7-8-9-13(12(4)5)17-14(15)16-10-11(2)3/h11-13H,6-10H2,1-5H3. The van der Waals surface area contributed by atoms with E-state index in [0.29, 0.717) is 18.4 Å². The second-order valence-electron chi connectivity index (χ2n) is 5.35. The minimum atomic E-state index is -0.520. The highest BCUT2D eigenvalue weighted by Crippen LogP contribution is 2.16. The molecule has 0 radical (unpaired) electrons. The summed E-state index contributed by atoms with van der Waals surface area (Å²) in [6.07, 6.45) is 3.88. The van der Waals surface area contributed by atoms with Crippen LogP contribution in [0.3, 0.4) is 0 Å². The third kappa shape index (κ3) is 9.02. The Kier molecular flexibility index (Phi) is 8.92. The topological polar surface area (TPSA) is 35.5 Å². The molecule has 0 amide bonds. The van der Waals surface area contributed by atoms with Gasteiger partial charge in [0.15, 0.2) is 0 Å². The van der Waals surface area contributed by atoms with Gasteiger partial charge in [-0.2, -0.15) is 0 Å². The number of rotatable bonds is 8. The van der Waals surface area contributed by atoms with Crippen LogP contribution in [-0.2, 0) is 9.47 Å². The van der Waals surface area contributed by atoms with E-state index in [4.69, 9.17) is 9.47 Å². The monoisotopic (exact) mass is 244 g/mol. The average molecular weight is 244 g/mol. The van der Waals surface area contributed by atoms with Crippen LogP contribution in [0.5, 0.6) is 0 Å². The Balaban J connectivity index is 3.93. The first-order chi connectivity index (χ1) is 7.97. The van der Waals surface area contributed by atoms with Crippen LogP contribution in [0, 0.1) is 11.8 Å². The van der Waals surface area contributed by atoms with E-state index in [1.807, 2.05) is 13.8 Å². The molecule has 3 nitrogen and oxygen atoms in total. The van der Waals surface area contributed by atoms with E-state index in [2.05, 4.69) is 20.8 Å². The van der Waals surface area contributed by atoms with Crippen LogP contribution in [0.1, 0.15) is 60.3 Å². The van der Waals surface area contributed by atoms with Crippen molar-refractivity contribution in [2.24, 2.45) is 11.8 Å². The number of hydrogen-bond acceptors (Lipinski definition) is 3. The van der Waals surface area contributed by atoms with Gasteiger partial charge in [-0.1, -0.05) is 47.5 Å². The Morgan fingerprint density at radius 3 is 2.24 bits per heavy atom. The van der Waals surface area contributed by atoms with Crippen molar-refractivity contribution in [1.29, 1.82) is 0 Å². The molecule has 0 N–H and O–H groups in total. The summed E-state index contributed by atoms with van der Waals surface area (Å²) in [6.45, 7) is 10.8. The van der Waals surface area contributed by atoms with Gasteiger partial charge >= 0.3 is 6.16 Å². The van der Waals surface area contributed by atoms with Gasteiger partial charge in [-0.25, -0.2) is 4.79 Å². The lowest BCUT2D eigenvalue weighted by Gasteiger charge is -2.21. The van der Waals surface area contributed by atoms with Crippen molar-refractivity contribution in [2.75, 3.05) is 6.61 Å². The zero-order valence-corrected chi connectivity index (χ0v) is 12.0. The summed E-state index contributed by atoms with van der Waals surface area (Å²) in [4.78, 5) is 11.5. The molecule has 0 aliphatic heterocycles. The van der Waals surface area contributed by atoms with Gasteiger partial charge in [-0.3, -0.25) is 0 Å². The highest BCUT2D eigenvalue weighted by atomic mass is 16.7. The van der Waals surface area contributed by atoms with Crippen molar-refractivity contribution in [3.8, 4) is 0 Å². The number of ether oxygens (including phenoxy) is 2. The van der Waals surface area contributed by atoms with Crippen molar-refractivity contribution >= 4 is 6.16 Å². The van der Waals surface area contributed by atoms with Crippen molar-refractivity contribution in [2.45, 2.75) is 66.4 Å². The lowest BCUT2D eigenvalue weighted by atomic mass is 10.0. The molecule has 102 valence electrons. The molecule has 0 heterocycles. The van der Waals surface area contributed by atoms with E-state index in [1.165, 1.54) is 12.8 Å². The maximum atomic E-state index is 11.5. The molecule has 3 heteroatoms. The Bertz CT molecular complexity index is 200. The first kappa shape index (κ1) is 16.3. The van der Waals surface area contributed by atoms with Crippen LogP contribution >= 0.6 is 0 Å². The predicted molar refractivity (Wildman–Crippen MR) is 70.0 cm³/mol. The van der Waals surface area contributed by atoms with Crippen LogP contribution < -0.4 is 0 Å². The van der Waals surface area contributed by atoms with Crippen LogP contribution in [0.15, 0.2) is 0 Å². The number of hydrogen-bond donors (Lipinski definition) is 0. The molecule has 0 aliphatic rings. The van der Waals surface area contributed by atoms with Gasteiger partial charge in [0.1, 0.15) is 6.10 Å². The second kappa shape index (κ2) is 9.32. The molecule has 0 aromatic carbocycles. The van der Waals surface area contributed by atoms with E-state index in [0.717, 1.165) is 12.8 Å². The molecule has 0 bridgehead atoms. The summed E-state index contributed by atoms with van der Waals surface area (Å²) >= 11 is 0. The molecular weight excluding hydrogens is 216 g/mol. The second-order valence-corrected chi connectivity index (χ2v) is 5.35. The third-order valence-electron chi connectivity index (χ3n) is 2.62. The molecule has 0 rings (SSSR count). The Morgan fingerprint density at radius 1 is 1.12 bits per heavy atom. The van der Waals surface area contributed by atoms with E-state index in [1.54, 1.807) is 0 Å². The summed E-state index contributed by atoms with van der Waals surface area (Å²) < 4.78 is 10.4. The summed E-state index contributed by atoms with van der Waals surface area (Å²) in [7, 11) is 0.